The summed E-state index contributed by atoms with van der Waals surface area (Å²) in [6.45, 7) is 1.92. The number of benzene rings is 3. The minimum absolute atomic E-state index is 0.0658. The Hall–Kier alpha value is -4.77. The van der Waals surface area contributed by atoms with Crippen molar-refractivity contribution >= 4 is 51.9 Å². The van der Waals surface area contributed by atoms with Gasteiger partial charge in [0.2, 0.25) is 11.8 Å². The largest absolute Gasteiger partial charge is 0.494 e. The number of esters is 1. The number of thioether (sulfide) groups is 1. The number of ketones is 1. The van der Waals surface area contributed by atoms with E-state index in [1.165, 1.54) is 28.8 Å². The molecule has 1 unspecified atom stereocenters. The van der Waals surface area contributed by atoms with Crippen molar-refractivity contribution in [3.63, 3.8) is 0 Å². The molecular weight excluding hydrogens is 546 g/mol. The summed E-state index contributed by atoms with van der Waals surface area (Å²) in [6, 6.07) is 19.3. The average Bonchev–Trinajstić information content (AvgIpc) is 3.26. The summed E-state index contributed by atoms with van der Waals surface area (Å²) in [6.07, 6.45) is -0.0658. The molecule has 4 aromatic rings. The second kappa shape index (κ2) is 11.8. The monoisotopic (exact) mass is 571 g/mol. The fourth-order valence-electron chi connectivity index (χ4n) is 4.35. The molecule has 2 amide bonds. The van der Waals surface area contributed by atoms with Gasteiger partial charge in [-0.1, -0.05) is 23.9 Å². The van der Waals surface area contributed by atoms with Crippen LogP contribution in [0, 0.1) is 0 Å². The third kappa shape index (κ3) is 5.75. The lowest BCUT2D eigenvalue weighted by Crippen LogP contribution is -2.31. The lowest BCUT2D eigenvalue weighted by molar-refractivity contribution is -0.121. The molecule has 1 aromatic heterocycles. The molecule has 0 aliphatic carbocycles. The highest BCUT2D eigenvalue weighted by atomic mass is 32.2. The van der Waals surface area contributed by atoms with Gasteiger partial charge in [0.25, 0.3) is 5.56 Å². The minimum atomic E-state index is -0.764. The van der Waals surface area contributed by atoms with E-state index in [2.05, 4.69) is 4.98 Å². The van der Waals surface area contributed by atoms with E-state index in [4.69, 9.17) is 9.47 Å². The van der Waals surface area contributed by atoms with E-state index in [0.717, 1.165) is 16.7 Å². The van der Waals surface area contributed by atoms with Gasteiger partial charge >= 0.3 is 5.97 Å². The summed E-state index contributed by atoms with van der Waals surface area (Å²) in [5.74, 6) is -1.30. The average molecular weight is 572 g/mol. The maximum absolute atomic E-state index is 13.2. The molecule has 1 atom stereocenters. The molecule has 208 valence electrons. The summed E-state index contributed by atoms with van der Waals surface area (Å²) in [4.78, 5) is 69.2. The van der Waals surface area contributed by atoms with Gasteiger partial charge in [-0.15, -0.1) is 0 Å². The smallest absolute Gasteiger partial charge is 0.338 e. The van der Waals surface area contributed by atoms with Crippen molar-refractivity contribution in [2.45, 2.75) is 23.8 Å². The number of rotatable bonds is 9. The highest BCUT2D eigenvalue weighted by molar-refractivity contribution is 8.00. The molecule has 11 heteroatoms. The van der Waals surface area contributed by atoms with Gasteiger partial charge in [0, 0.05) is 19.0 Å². The molecule has 2 heterocycles. The number of amides is 2. The first-order valence-corrected chi connectivity index (χ1v) is 13.7. The maximum Gasteiger partial charge on any atom is 0.338 e. The quantitative estimate of drug-likeness (QED) is 0.128. The zero-order chi connectivity index (χ0) is 29.1. The highest BCUT2D eigenvalue weighted by Crippen LogP contribution is 2.33. The molecule has 0 saturated carbocycles. The highest BCUT2D eigenvalue weighted by Gasteiger charge is 2.41. The van der Waals surface area contributed by atoms with E-state index in [1.54, 1.807) is 55.6 Å². The van der Waals surface area contributed by atoms with Crippen molar-refractivity contribution in [3.05, 3.63) is 94.3 Å². The summed E-state index contributed by atoms with van der Waals surface area (Å²) in [5.41, 5.74) is 1.11. The van der Waals surface area contributed by atoms with Crippen LogP contribution in [-0.4, -0.2) is 51.6 Å². The Kier molecular flexibility index (Phi) is 7.97. The zero-order valence-corrected chi connectivity index (χ0v) is 23.1. The van der Waals surface area contributed by atoms with Crippen molar-refractivity contribution in [1.29, 1.82) is 0 Å². The molecule has 41 heavy (non-hydrogen) atoms. The Bertz CT molecular complexity index is 1720. The van der Waals surface area contributed by atoms with Crippen LogP contribution in [-0.2, 0) is 21.4 Å². The third-order valence-corrected chi connectivity index (χ3v) is 7.71. The normalized spacial score (nSPS) is 14.9. The molecule has 0 spiro atoms. The van der Waals surface area contributed by atoms with Crippen LogP contribution in [0.25, 0.3) is 10.9 Å². The first-order valence-electron chi connectivity index (χ1n) is 12.8. The first-order chi connectivity index (χ1) is 19.8. The number of fused-ring (bicyclic) bond motifs is 1. The number of hydrogen-bond acceptors (Lipinski definition) is 9. The van der Waals surface area contributed by atoms with Gasteiger partial charge < -0.3 is 9.47 Å². The van der Waals surface area contributed by atoms with Gasteiger partial charge in [0.15, 0.2) is 17.5 Å². The van der Waals surface area contributed by atoms with E-state index in [9.17, 15) is 24.0 Å². The van der Waals surface area contributed by atoms with Crippen molar-refractivity contribution in [3.8, 4) is 5.75 Å². The number of anilines is 1. The Morgan fingerprint density at radius 3 is 2.34 bits per heavy atom. The lowest BCUT2D eigenvalue weighted by atomic mass is 10.1. The molecular formula is C30H25N3O7S. The predicted molar refractivity (Wildman–Crippen MR) is 152 cm³/mol. The number of carbonyl (C=O) groups excluding carboxylic acids is 4. The topological polar surface area (TPSA) is 125 Å². The van der Waals surface area contributed by atoms with Crippen LogP contribution in [0.2, 0.25) is 0 Å². The Balaban J connectivity index is 1.23. The third-order valence-electron chi connectivity index (χ3n) is 6.48. The standard InChI is InChI=1S/C30H25N3O7S/c1-3-39-21-14-10-18(11-15-21)24(34)17-40-29(38)19-8-12-20(13-9-19)33-26(35)16-25(28(33)37)41-30-31-23-7-5-4-6-22(23)27(36)32(30)2/h4-15,25H,3,16-17H2,1-2H3. The Morgan fingerprint density at radius 2 is 1.63 bits per heavy atom. The van der Waals surface area contributed by atoms with Crippen LogP contribution in [0.5, 0.6) is 5.75 Å². The number of nitrogens with zero attached hydrogens (tertiary/aromatic N) is 3. The van der Waals surface area contributed by atoms with Crippen LogP contribution in [0.15, 0.2) is 82.7 Å². The number of Topliss-reactive ketones (excluding diaryl/α,β-unsaturated/α-hetero) is 1. The number of ether oxygens (including phenoxy) is 2. The molecule has 1 fully saturated rings. The van der Waals surface area contributed by atoms with Crippen molar-refractivity contribution < 1.29 is 28.7 Å². The van der Waals surface area contributed by atoms with E-state index in [-0.39, 0.29) is 23.3 Å². The molecule has 0 bridgehead atoms. The second-order valence-corrected chi connectivity index (χ2v) is 10.3. The Labute approximate surface area is 238 Å². The number of aromatic nitrogens is 2. The van der Waals surface area contributed by atoms with Gasteiger partial charge in [-0.25, -0.2) is 14.7 Å². The zero-order valence-electron chi connectivity index (χ0n) is 22.2. The molecule has 0 N–H and O–H groups in total. The van der Waals surface area contributed by atoms with Crippen LogP contribution in [0.4, 0.5) is 5.69 Å². The maximum atomic E-state index is 13.2. The summed E-state index contributed by atoms with van der Waals surface area (Å²) in [5, 5.41) is 0.0357. The fraction of sp³-hybridized carbons (Fsp3) is 0.200. The molecule has 0 radical (unpaired) electrons. The van der Waals surface area contributed by atoms with Crippen LogP contribution in [0.3, 0.4) is 0 Å². The van der Waals surface area contributed by atoms with Gasteiger partial charge in [-0.05, 0) is 67.6 Å². The molecule has 1 aliphatic heterocycles. The van der Waals surface area contributed by atoms with E-state index in [1.807, 2.05) is 6.92 Å². The van der Waals surface area contributed by atoms with Gasteiger partial charge in [0.1, 0.15) is 11.0 Å². The Morgan fingerprint density at radius 1 is 0.951 bits per heavy atom. The second-order valence-electron chi connectivity index (χ2n) is 9.16. The van der Waals surface area contributed by atoms with Crippen LogP contribution in [0.1, 0.15) is 34.1 Å². The van der Waals surface area contributed by atoms with E-state index < -0.39 is 29.6 Å². The predicted octanol–water partition coefficient (Wildman–Crippen LogP) is 3.80. The number of hydrogen-bond donors (Lipinski definition) is 0. The first kappa shape index (κ1) is 27.8. The number of carbonyl (C=O) groups is 4. The number of imide groups is 1. The van der Waals surface area contributed by atoms with Crippen molar-refractivity contribution in [2.24, 2.45) is 7.05 Å². The van der Waals surface area contributed by atoms with E-state index in [0.29, 0.717) is 39.7 Å². The van der Waals surface area contributed by atoms with Crippen molar-refractivity contribution in [1.82, 2.24) is 9.55 Å². The molecule has 10 nitrogen and oxygen atoms in total. The van der Waals surface area contributed by atoms with Gasteiger partial charge in [0.05, 0.1) is 28.8 Å². The molecule has 5 rings (SSSR count). The summed E-state index contributed by atoms with van der Waals surface area (Å²) < 4.78 is 11.9. The lowest BCUT2D eigenvalue weighted by Gasteiger charge is -2.16. The number of para-hydroxylation sites is 1. The van der Waals surface area contributed by atoms with Crippen molar-refractivity contribution in [2.75, 3.05) is 18.1 Å². The van der Waals surface area contributed by atoms with Gasteiger partial charge in [-0.2, -0.15) is 0 Å². The molecule has 3 aromatic carbocycles. The van der Waals surface area contributed by atoms with Gasteiger partial charge in [-0.3, -0.25) is 23.7 Å². The minimum Gasteiger partial charge on any atom is -0.494 e. The van der Waals surface area contributed by atoms with E-state index >= 15 is 0 Å². The fourth-order valence-corrected chi connectivity index (χ4v) is 5.42. The van der Waals surface area contributed by atoms with Crippen LogP contribution < -0.4 is 15.2 Å². The molecule has 1 saturated heterocycles. The molecule has 1 aliphatic rings. The summed E-state index contributed by atoms with van der Waals surface area (Å²) >= 11 is 1.06. The summed E-state index contributed by atoms with van der Waals surface area (Å²) in [7, 11) is 1.58. The van der Waals surface area contributed by atoms with Crippen LogP contribution >= 0.6 is 11.8 Å². The SMILES string of the molecule is CCOc1ccc(C(=O)COC(=O)c2ccc(N3C(=O)CC(Sc4nc5ccccc5c(=O)n4C)C3=O)cc2)cc1.